The highest BCUT2D eigenvalue weighted by atomic mass is 127. The fraction of sp³-hybridized carbons (Fsp3) is 0.440. The Kier molecular flexibility index (Phi) is 11.3. The van der Waals surface area contributed by atoms with Crippen LogP contribution in [0.25, 0.3) is 0 Å². The number of hydrogen-bond acceptors (Lipinski definition) is 3. The van der Waals surface area contributed by atoms with E-state index in [9.17, 15) is 4.79 Å². The predicted octanol–water partition coefficient (Wildman–Crippen LogP) is 3.50. The van der Waals surface area contributed by atoms with Crippen molar-refractivity contribution in [3.8, 4) is 5.75 Å². The second-order valence-electron chi connectivity index (χ2n) is 7.82. The number of hydrogen-bond donors (Lipinski definition) is 2. The molecule has 2 aromatic rings. The summed E-state index contributed by atoms with van der Waals surface area (Å²) in [6, 6.07) is 18.5. The summed E-state index contributed by atoms with van der Waals surface area (Å²) < 4.78 is 5.69. The Bertz CT molecular complexity index is 860. The van der Waals surface area contributed by atoms with E-state index < -0.39 is 0 Å². The van der Waals surface area contributed by atoms with Gasteiger partial charge in [-0.15, -0.1) is 24.0 Å². The molecule has 1 unspecified atom stereocenters. The van der Waals surface area contributed by atoms with Crippen molar-refractivity contribution < 1.29 is 9.53 Å². The molecule has 1 aliphatic heterocycles. The van der Waals surface area contributed by atoms with Crippen LogP contribution in [0.1, 0.15) is 24.5 Å². The highest BCUT2D eigenvalue weighted by Crippen LogP contribution is 2.19. The fourth-order valence-electron chi connectivity index (χ4n) is 3.90. The van der Waals surface area contributed by atoms with E-state index in [0.29, 0.717) is 18.9 Å². The Morgan fingerprint density at radius 1 is 1.09 bits per heavy atom. The number of carbonyl (C=O) groups excluding carboxylic acids is 1. The van der Waals surface area contributed by atoms with Crippen molar-refractivity contribution in [2.45, 2.75) is 26.2 Å². The number of ether oxygens (including phenoxy) is 1. The molecule has 32 heavy (non-hydrogen) atoms. The van der Waals surface area contributed by atoms with Gasteiger partial charge in [-0.3, -0.25) is 9.79 Å². The maximum atomic E-state index is 12.4. The molecule has 0 spiro atoms. The van der Waals surface area contributed by atoms with Crippen LogP contribution in [0.5, 0.6) is 5.75 Å². The standard InChI is InChI=1S/C25H34N4O2.HI/c1-3-31-23-12-8-7-11-22(23)13-15-27-25(26-2)28-18-21-17-24(30)29(19-21)16-14-20-9-5-4-6-10-20;/h4-12,21H,3,13-19H2,1-2H3,(H2,26,27,28);1H. The fourth-order valence-corrected chi connectivity index (χ4v) is 3.90. The summed E-state index contributed by atoms with van der Waals surface area (Å²) in [6.45, 7) is 5.75. The minimum atomic E-state index is 0. The molecule has 2 N–H and O–H groups in total. The van der Waals surface area contributed by atoms with Crippen LogP contribution in [0.4, 0.5) is 0 Å². The molecule has 6 nitrogen and oxygen atoms in total. The summed E-state index contributed by atoms with van der Waals surface area (Å²) in [5.41, 5.74) is 2.45. The van der Waals surface area contributed by atoms with E-state index in [2.05, 4.69) is 33.8 Å². The number of aliphatic imine (C=N–C) groups is 1. The van der Waals surface area contributed by atoms with Gasteiger partial charge in [0.1, 0.15) is 5.75 Å². The molecule has 1 atom stereocenters. The highest BCUT2D eigenvalue weighted by Gasteiger charge is 2.29. The molecule has 0 bridgehead atoms. The van der Waals surface area contributed by atoms with Crippen LogP contribution in [0, 0.1) is 5.92 Å². The lowest BCUT2D eigenvalue weighted by Gasteiger charge is -2.18. The SMILES string of the molecule is CCOc1ccccc1CCNC(=NC)NCC1CC(=O)N(CCc2ccccc2)C1.I. The average molecular weight is 550 g/mol. The molecule has 1 saturated heterocycles. The number of amides is 1. The van der Waals surface area contributed by atoms with Gasteiger partial charge < -0.3 is 20.3 Å². The first kappa shape index (κ1) is 26.0. The Morgan fingerprint density at radius 2 is 1.84 bits per heavy atom. The minimum Gasteiger partial charge on any atom is -0.494 e. The van der Waals surface area contributed by atoms with Gasteiger partial charge in [-0.1, -0.05) is 48.5 Å². The third-order valence-corrected chi connectivity index (χ3v) is 5.55. The zero-order valence-corrected chi connectivity index (χ0v) is 21.4. The molecule has 0 aliphatic carbocycles. The van der Waals surface area contributed by atoms with Crippen molar-refractivity contribution in [3.05, 3.63) is 65.7 Å². The number of halogens is 1. The Hall–Kier alpha value is -2.29. The number of nitrogens with one attached hydrogen (secondary N) is 2. The van der Waals surface area contributed by atoms with E-state index in [-0.39, 0.29) is 29.9 Å². The molecule has 0 radical (unpaired) electrons. The quantitative estimate of drug-likeness (QED) is 0.270. The number of para-hydroxylation sites is 1. The molecule has 0 aromatic heterocycles. The molecule has 0 saturated carbocycles. The largest absolute Gasteiger partial charge is 0.494 e. The Morgan fingerprint density at radius 3 is 2.59 bits per heavy atom. The number of likely N-dealkylation sites (tertiary alicyclic amines) is 1. The lowest BCUT2D eigenvalue weighted by atomic mass is 10.1. The first-order valence-corrected chi connectivity index (χ1v) is 11.2. The number of nitrogens with zero attached hydrogens (tertiary/aromatic N) is 2. The van der Waals surface area contributed by atoms with Gasteiger partial charge in [0.15, 0.2) is 5.96 Å². The third kappa shape index (κ3) is 8.00. The maximum absolute atomic E-state index is 12.4. The average Bonchev–Trinajstić information content (AvgIpc) is 3.16. The van der Waals surface area contributed by atoms with Crippen molar-refractivity contribution in [2.24, 2.45) is 10.9 Å². The van der Waals surface area contributed by atoms with Gasteiger partial charge in [-0.25, -0.2) is 0 Å². The third-order valence-electron chi connectivity index (χ3n) is 5.55. The molecule has 7 heteroatoms. The van der Waals surface area contributed by atoms with E-state index in [1.807, 2.05) is 48.2 Å². The molecule has 1 amide bonds. The summed E-state index contributed by atoms with van der Waals surface area (Å²) in [6.07, 6.45) is 2.35. The Balaban J connectivity index is 0.00000363. The van der Waals surface area contributed by atoms with Gasteiger partial charge in [0.05, 0.1) is 6.61 Å². The van der Waals surface area contributed by atoms with Crippen molar-refractivity contribution in [1.29, 1.82) is 0 Å². The van der Waals surface area contributed by atoms with Crippen LogP contribution in [-0.2, 0) is 17.6 Å². The second-order valence-corrected chi connectivity index (χ2v) is 7.82. The first-order chi connectivity index (χ1) is 15.2. The van der Waals surface area contributed by atoms with Crippen LogP contribution < -0.4 is 15.4 Å². The molecular formula is C25H35IN4O2. The Labute approximate surface area is 208 Å². The smallest absolute Gasteiger partial charge is 0.223 e. The first-order valence-electron chi connectivity index (χ1n) is 11.2. The minimum absolute atomic E-state index is 0. The zero-order chi connectivity index (χ0) is 21.9. The molecule has 174 valence electrons. The monoisotopic (exact) mass is 550 g/mol. The van der Waals surface area contributed by atoms with Crippen molar-refractivity contribution >= 4 is 35.8 Å². The highest BCUT2D eigenvalue weighted by molar-refractivity contribution is 14.0. The number of guanidine groups is 1. The van der Waals surface area contributed by atoms with Crippen molar-refractivity contribution in [2.75, 3.05) is 39.8 Å². The molecule has 1 fully saturated rings. The van der Waals surface area contributed by atoms with Crippen LogP contribution in [0.15, 0.2) is 59.6 Å². The molecule has 3 rings (SSSR count). The van der Waals surface area contributed by atoms with Gasteiger partial charge in [0.2, 0.25) is 5.91 Å². The van der Waals surface area contributed by atoms with Crippen LogP contribution in [0.2, 0.25) is 0 Å². The van der Waals surface area contributed by atoms with Gasteiger partial charge in [-0.05, 0) is 37.0 Å². The van der Waals surface area contributed by atoms with Crippen molar-refractivity contribution in [3.63, 3.8) is 0 Å². The predicted molar refractivity (Wildman–Crippen MR) is 141 cm³/mol. The van der Waals surface area contributed by atoms with Crippen LogP contribution >= 0.6 is 24.0 Å². The maximum Gasteiger partial charge on any atom is 0.223 e. The van der Waals surface area contributed by atoms with Gasteiger partial charge >= 0.3 is 0 Å². The van der Waals surface area contributed by atoms with E-state index >= 15 is 0 Å². The zero-order valence-electron chi connectivity index (χ0n) is 19.0. The topological polar surface area (TPSA) is 66.0 Å². The van der Waals surface area contributed by atoms with E-state index in [0.717, 1.165) is 50.7 Å². The van der Waals surface area contributed by atoms with Gasteiger partial charge in [0, 0.05) is 45.6 Å². The summed E-state index contributed by atoms with van der Waals surface area (Å²) >= 11 is 0. The van der Waals surface area contributed by atoms with E-state index in [1.165, 1.54) is 11.1 Å². The number of rotatable bonds is 10. The van der Waals surface area contributed by atoms with E-state index in [1.54, 1.807) is 7.05 Å². The molecule has 1 heterocycles. The van der Waals surface area contributed by atoms with Crippen LogP contribution in [0.3, 0.4) is 0 Å². The number of carbonyl (C=O) groups is 1. The van der Waals surface area contributed by atoms with Gasteiger partial charge in [0.25, 0.3) is 0 Å². The second kappa shape index (κ2) is 14.0. The molecule has 1 aliphatic rings. The number of benzene rings is 2. The molecule has 2 aromatic carbocycles. The lowest BCUT2D eigenvalue weighted by molar-refractivity contribution is -0.127. The van der Waals surface area contributed by atoms with Crippen LogP contribution in [-0.4, -0.2) is 56.6 Å². The summed E-state index contributed by atoms with van der Waals surface area (Å²) in [5.74, 6) is 2.26. The molecular weight excluding hydrogens is 515 g/mol. The normalized spacial score (nSPS) is 15.9. The summed E-state index contributed by atoms with van der Waals surface area (Å²) in [7, 11) is 1.77. The van der Waals surface area contributed by atoms with Crippen molar-refractivity contribution in [1.82, 2.24) is 15.5 Å². The van der Waals surface area contributed by atoms with E-state index in [4.69, 9.17) is 4.74 Å². The lowest BCUT2D eigenvalue weighted by Crippen LogP contribution is -2.41. The summed E-state index contributed by atoms with van der Waals surface area (Å²) in [4.78, 5) is 18.7. The summed E-state index contributed by atoms with van der Waals surface area (Å²) in [5, 5.41) is 6.75. The van der Waals surface area contributed by atoms with Gasteiger partial charge in [-0.2, -0.15) is 0 Å².